The number of thioether (sulfide) groups is 1. The molecule has 1 aromatic carbocycles. The lowest BCUT2D eigenvalue weighted by Crippen LogP contribution is -2.71. The van der Waals surface area contributed by atoms with E-state index in [2.05, 4.69) is 5.32 Å². The lowest BCUT2D eigenvalue weighted by molar-refractivity contribution is -0.161. The number of β-lactam (4-membered cyclic amide) rings is 1. The molecule has 2 aliphatic rings. The van der Waals surface area contributed by atoms with Crippen LogP contribution in [0.2, 0.25) is 0 Å². The Kier molecular flexibility index (Phi) is 4.05. The van der Waals surface area contributed by atoms with Crippen LogP contribution in [0.3, 0.4) is 0 Å². The van der Waals surface area contributed by atoms with Gasteiger partial charge in [0.1, 0.15) is 23.5 Å². The lowest BCUT2D eigenvalue weighted by Gasteiger charge is -2.43. The van der Waals surface area contributed by atoms with Crippen LogP contribution in [0.4, 0.5) is 0 Å². The third-order valence-corrected chi connectivity index (χ3v) is 5.99. The van der Waals surface area contributed by atoms with Gasteiger partial charge in [0.05, 0.1) is 0 Å². The van der Waals surface area contributed by atoms with Gasteiger partial charge in [-0.25, -0.2) is 4.79 Å². The SMILES string of the molecule is CC1(C)SC2[C@@H](NC(=O)C(N)c3ccccc3)C(=O)N2[C@@H]1C(=O)O. The molecule has 3 rings (SSSR count). The summed E-state index contributed by atoms with van der Waals surface area (Å²) in [7, 11) is 0. The molecule has 2 saturated heterocycles. The maximum atomic E-state index is 12.3. The highest BCUT2D eigenvalue weighted by Gasteiger charge is 2.64. The Bertz CT molecular complexity index is 694. The molecule has 2 aliphatic heterocycles. The van der Waals surface area contributed by atoms with Crippen LogP contribution in [0, 0.1) is 0 Å². The van der Waals surface area contributed by atoms with Gasteiger partial charge in [-0.15, -0.1) is 11.8 Å². The number of carboxylic acids is 1. The number of hydrogen-bond acceptors (Lipinski definition) is 5. The summed E-state index contributed by atoms with van der Waals surface area (Å²) in [5.41, 5.74) is 6.59. The zero-order valence-corrected chi connectivity index (χ0v) is 14.1. The molecule has 8 heteroatoms. The molecule has 0 spiro atoms. The van der Waals surface area contributed by atoms with Crippen molar-refractivity contribution in [3.8, 4) is 0 Å². The van der Waals surface area contributed by atoms with Crippen molar-refractivity contribution in [3.63, 3.8) is 0 Å². The first kappa shape index (κ1) is 16.8. The third-order valence-electron chi connectivity index (χ3n) is 4.41. The van der Waals surface area contributed by atoms with Crippen LogP contribution >= 0.6 is 11.8 Å². The molecule has 1 aromatic rings. The van der Waals surface area contributed by atoms with Gasteiger partial charge in [0.2, 0.25) is 11.8 Å². The molecule has 0 aromatic heterocycles. The summed E-state index contributed by atoms with van der Waals surface area (Å²) >= 11 is 1.38. The topological polar surface area (TPSA) is 113 Å². The number of benzene rings is 1. The summed E-state index contributed by atoms with van der Waals surface area (Å²) < 4.78 is -0.618. The second-order valence-electron chi connectivity index (χ2n) is 6.47. The number of carbonyl (C=O) groups is 3. The molecule has 2 fully saturated rings. The summed E-state index contributed by atoms with van der Waals surface area (Å²) in [6.45, 7) is 3.58. The van der Waals surface area contributed by atoms with E-state index in [4.69, 9.17) is 5.73 Å². The fourth-order valence-corrected chi connectivity index (χ4v) is 4.83. The number of amides is 2. The van der Waals surface area contributed by atoms with Gasteiger partial charge in [-0.2, -0.15) is 0 Å². The maximum absolute atomic E-state index is 12.3. The molecular formula is C16H19N3O4S. The molecule has 2 heterocycles. The summed E-state index contributed by atoms with van der Waals surface area (Å²) in [6, 6.07) is 6.38. The van der Waals surface area contributed by atoms with Crippen molar-refractivity contribution in [2.45, 2.75) is 42.1 Å². The molecule has 2 unspecified atom stereocenters. The molecule has 0 radical (unpaired) electrons. The van der Waals surface area contributed by atoms with Crippen LogP contribution in [0.15, 0.2) is 30.3 Å². The van der Waals surface area contributed by atoms with E-state index < -0.39 is 34.7 Å². The Labute approximate surface area is 143 Å². The molecule has 0 aliphatic carbocycles. The Morgan fingerprint density at radius 3 is 2.54 bits per heavy atom. The number of carboxylic acid groups (broad SMARTS) is 1. The van der Waals surface area contributed by atoms with Crippen LogP contribution in [0.25, 0.3) is 0 Å². The molecule has 4 N–H and O–H groups in total. The van der Waals surface area contributed by atoms with Crippen LogP contribution < -0.4 is 11.1 Å². The van der Waals surface area contributed by atoms with Gasteiger partial charge in [0, 0.05) is 4.75 Å². The predicted molar refractivity (Wildman–Crippen MR) is 89.0 cm³/mol. The number of carbonyl (C=O) groups excluding carboxylic acids is 2. The second-order valence-corrected chi connectivity index (χ2v) is 8.24. The highest BCUT2D eigenvalue weighted by atomic mass is 32.2. The van der Waals surface area contributed by atoms with Gasteiger partial charge in [0.15, 0.2) is 0 Å². The van der Waals surface area contributed by atoms with Crippen LogP contribution in [-0.2, 0) is 14.4 Å². The van der Waals surface area contributed by atoms with Crippen molar-refractivity contribution in [1.29, 1.82) is 0 Å². The van der Waals surface area contributed by atoms with Gasteiger partial charge in [-0.3, -0.25) is 9.59 Å². The molecule has 4 atom stereocenters. The molecule has 24 heavy (non-hydrogen) atoms. The second kappa shape index (κ2) is 5.78. The largest absolute Gasteiger partial charge is 0.480 e. The van der Waals surface area contributed by atoms with Crippen molar-refractivity contribution in [3.05, 3.63) is 35.9 Å². The van der Waals surface area contributed by atoms with Gasteiger partial charge in [-0.1, -0.05) is 30.3 Å². The quantitative estimate of drug-likeness (QED) is 0.675. The van der Waals surface area contributed by atoms with E-state index in [1.807, 2.05) is 6.07 Å². The van der Waals surface area contributed by atoms with Gasteiger partial charge in [-0.05, 0) is 19.4 Å². The Balaban J connectivity index is 1.71. The first-order valence-corrected chi connectivity index (χ1v) is 8.45. The molecule has 128 valence electrons. The Morgan fingerprint density at radius 1 is 1.33 bits per heavy atom. The van der Waals surface area contributed by atoms with E-state index in [1.54, 1.807) is 38.1 Å². The minimum Gasteiger partial charge on any atom is -0.480 e. The number of nitrogens with one attached hydrogen (secondary N) is 1. The monoisotopic (exact) mass is 349 g/mol. The summed E-state index contributed by atoms with van der Waals surface area (Å²) in [5, 5.41) is 11.7. The fourth-order valence-electron chi connectivity index (χ4n) is 3.20. The van der Waals surface area contributed by atoms with Crippen LogP contribution in [-0.4, -0.2) is 50.0 Å². The number of rotatable bonds is 4. The van der Waals surface area contributed by atoms with Crippen molar-refractivity contribution < 1.29 is 19.5 Å². The average molecular weight is 349 g/mol. The number of fused-ring (bicyclic) bond motifs is 1. The Morgan fingerprint density at radius 2 is 1.96 bits per heavy atom. The zero-order valence-electron chi connectivity index (χ0n) is 13.3. The van der Waals surface area contributed by atoms with E-state index in [-0.39, 0.29) is 11.3 Å². The highest BCUT2D eigenvalue weighted by Crippen LogP contribution is 2.50. The molecule has 7 nitrogen and oxygen atoms in total. The summed E-state index contributed by atoms with van der Waals surface area (Å²) in [4.78, 5) is 37.5. The number of hydrogen-bond donors (Lipinski definition) is 3. The van der Waals surface area contributed by atoms with Gasteiger partial charge < -0.3 is 21.1 Å². The van der Waals surface area contributed by atoms with E-state index in [1.165, 1.54) is 16.7 Å². The van der Waals surface area contributed by atoms with E-state index in [9.17, 15) is 19.5 Å². The van der Waals surface area contributed by atoms with Crippen molar-refractivity contribution in [1.82, 2.24) is 10.2 Å². The van der Waals surface area contributed by atoms with E-state index in [0.717, 1.165) is 0 Å². The molecular weight excluding hydrogens is 330 g/mol. The standard InChI is InChI=1S/C16H19N3O4S/c1-16(2)11(15(22)23)19-13(21)10(14(19)24-16)18-12(20)9(17)8-6-4-3-5-7-8/h3-7,9-11,14H,17H2,1-2H3,(H,18,20)(H,22,23)/t9?,10-,11+,14?/m0/s1. The zero-order chi connectivity index (χ0) is 17.6. The van der Waals surface area contributed by atoms with Crippen LogP contribution in [0.5, 0.6) is 0 Å². The van der Waals surface area contributed by atoms with E-state index >= 15 is 0 Å². The normalized spacial score (nSPS) is 28.7. The van der Waals surface area contributed by atoms with Gasteiger partial charge >= 0.3 is 5.97 Å². The number of aliphatic carboxylic acids is 1. The predicted octanol–water partition coefficient (Wildman–Crippen LogP) is 0.318. The summed E-state index contributed by atoms with van der Waals surface area (Å²) in [5.74, 6) is -1.86. The maximum Gasteiger partial charge on any atom is 0.327 e. The summed E-state index contributed by atoms with van der Waals surface area (Å²) in [6.07, 6.45) is 0. The van der Waals surface area contributed by atoms with E-state index in [0.29, 0.717) is 5.56 Å². The van der Waals surface area contributed by atoms with Gasteiger partial charge in [0.25, 0.3) is 0 Å². The van der Waals surface area contributed by atoms with Crippen molar-refractivity contribution in [2.24, 2.45) is 5.73 Å². The third kappa shape index (κ3) is 2.55. The highest BCUT2D eigenvalue weighted by molar-refractivity contribution is 8.01. The molecule has 2 amide bonds. The average Bonchev–Trinajstić information content (AvgIpc) is 2.80. The minimum absolute atomic E-state index is 0.375. The Hall–Kier alpha value is -2.06. The van der Waals surface area contributed by atoms with Crippen LogP contribution in [0.1, 0.15) is 25.5 Å². The van der Waals surface area contributed by atoms with Crippen molar-refractivity contribution in [2.75, 3.05) is 0 Å². The molecule has 0 bridgehead atoms. The first-order valence-electron chi connectivity index (χ1n) is 7.58. The first-order chi connectivity index (χ1) is 11.2. The smallest absolute Gasteiger partial charge is 0.327 e. The van der Waals surface area contributed by atoms with Crippen molar-refractivity contribution >= 4 is 29.5 Å². The minimum atomic E-state index is -1.03. The lowest BCUT2D eigenvalue weighted by atomic mass is 9.95. The number of nitrogens with two attached hydrogens (primary N) is 1. The number of nitrogens with zero attached hydrogens (tertiary/aromatic N) is 1. The molecule has 0 saturated carbocycles. The fraction of sp³-hybridized carbons (Fsp3) is 0.438.